The predicted molar refractivity (Wildman–Crippen MR) is 55.8 cm³/mol. The standard InChI is InChI=1S/C8H13NS2/c1-4-5(2)7-6(3)11-8(10)9-7/h6H,4H2,1-3H3,(H,9,10)/b7-5-. The molecule has 0 aromatic rings. The minimum atomic E-state index is 0.530. The zero-order chi connectivity index (χ0) is 8.43. The van der Waals surface area contributed by atoms with Gasteiger partial charge in [0.25, 0.3) is 0 Å². The first-order valence-corrected chi connectivity index (χ1v) is 5.11. The Bertz CT molecular complexity index is 208. The third-order valence-electron chi connectivity index (χ3n) is 1.92. The summed E-state index contributed by atoms with van der Waals surface area (Å²) in [5.41, 5.74) is 2.74. The number of thiocarbonyl (C=S) groups is 1. The third kappa shape index (κ3) is 1.97. The molecule has 1 aliphatic heterocycles. The van der Waals surface area contributed by atoms with Crippen molar-refractivity contribution < 1.29 is 0 Å². The van der Waals surface area contributed by atoms with Gasteiger partial charge in [-0.1, -0.05) is 36.5 Å². The second-order valence-corrected chi connectivity index (χ2v) is 4.74. The Morgan fingerprint density at radius 2 is 2.36 bits per heavy atom. The lowest BCUT2D eigenvalue weighted by Crippen LogP contribution is -2.13. The van der Waals surface area contributed by atoms with E-state index in [-0.39, 0.29) is 0 Å². The van der Waals surface area contributed by atoms with Crippen molar-refractivity contribution in [2.75, 3.05) is 0 Å². The van der Waals surface area contributed by atoms with Crippen LogP contribution in [0.5, 0.6) is 0 Å². The van der Waals surface area contributed by atoms with Crippen molar-refractivity contribution in [2.24, 2.45) is 0 Å². The molecule has 3 heteroatoms. The van der Waals surface area contributed by atoms with Crippen LogP contribution in [-0.4, -0.2) is 9.57 Å². The maximum atomic E-state index is 5.06. The Labute approximate surface area is 77.6 Å². The van der Waals surface area contributed by atoms with Gasteiger partial charge in [-0.15, -0.1) is 0 Å². The maximum Gasteiger partial charge on any atom is 0.138 e. The third-order valence-corrected chi connectivity index (χ3v) is 3.21. The zero-order valence-corrected chi connectivity index (χ0v) is 8.73. The molecule has 0 radical (unpaired) electrons. The summed E-state index contributed by atoms with van der Waals surface area (Å²) in [4.78, 5) is 0. The first kappa shape index (κ1) is 9.07. The summed E-state index contributed by atoms with van der Waals surface area (Å²) in [6, 6.07) is 0. The molecule has 1 unspecified atom stereocenters. The molecule has 1 saturated heterocycles. The van der Waals surface area contributed by atoms with Gasteiger partial charge in [0.1, 0.15) is 4.32 Å². The fourth-order valence-corrected chi connectivity index (χ4v) is 2.52. The van der Waals surface area contributed by atoms with Crippen LogP contribution in [0.2, 0.25) is 0 Å². The van der Waals surface area contributed by atoms with Gasteiger partial charge in [-0.25, -0.2) is 0 Å². The number of allylic oxidation sites excluding steroid dienone is 1. The van der Waals surface area contributed by atoms with E-state index in [0.717, 1.165) is 10.7 Å². The summed E-state index contributed by atoms with van der Waals surface area (Å²) in [6.07, 6.45) is 1.11. The quantitative estimate of drug-likeness (QED) is 0.634. The molecule has 62 valence electrons. The number of hydrogen-bond donors (Lipinski definition) is 1. The van der Waals surface area contributed by atoms with E-state index in [2.05, 4.69) is 26.1 Å². The Morgan fingerprint density at radius 1 is 1.73 bits per heavy atom. The lowest BCUT2D eigenvalue weighted by Gasteiger charge is -2.06. The second kappa shape index (κ2) is 3.59. The molecule has 0 aromatic carbocycles. The van der Waals surface area contributed by atoms with Gasteiger partial charge in [0.15, 0.2) is 0 Å². The highest BCUT2D eigenvalue weighted by Gasteiger charge is 2.21. The highest BCUT2D eigenvalue weighted by atomic mass is 32.2. The van der Waals surface area contributed by atoms with E-state index in [1.165, 1.54) is 11.3 Å². The highest BCUT2D eigenvalue weighted by molar-refractivity contribution is 8.23. The fourth-order valence-electron chi connectivity index (χ4n) is 1.10. The molecule has 1 fully saturated rings. The van der Waals surface area contributed by atoms with Crippen molar-refractivity contribution in [3.05, 3.63) is 11.3 Å². The molecule has 0 aliphatic carbocycles. The van der Waals surface area contributed by atoms with Crippen LogP contribution >= 0.6 is 24.0 Å². The van der Waals surface area contributed by atoms with Crippen LogP contribution in [0.4, 0.5) is 0 Å². The van der Waals surface area contributed by atoms with Crippen LogP contribution in [0.25, 0.3) is 0 Å². The van der Waals surface area contributed by atoms with E-state index in [0.29, 0.717) is 5.25 Å². The number of thioether (sulfide) groups is 1. The lowest BCUT2D eigenvalue weighted by atomic mass is 10.1. The van der Waals surface area contributed by atoms with Crippen LogP contribution < -0.4 is 5.32 Å². The number of nitrogens with one attached hydrogen (secondary N) is 1. The van der Waals surface area contributed by atoms with Crippen molar-refractivity contribution in [1.29, 1.82) is 0 Å². The van der Waals surface area contributed by atoms with Gasteiger partial charge in [-0.3, -0.25) is 0 Å². The first-order chi connectivity index (χ1) is 5.15. The van der Waals surface area contributed by atoms with Crippen LogP contribution in [0, 0.1) is 0 Å². The summed E-state index contributed by atoms with van der Waals surface area (Å²) >= 11 is 6.79. The number of rotatable bonds is 1. The lowest BCUT2D eigenvalue weighted by molar-refractivity contribution is 0.946. The molecule has 0 spiro atoms. The normalized spacial score (nSPS) is 28.6. The SMILES string of the molecule is CC/C(C)=C1\NC(=S)SC1C. The summed E-state index contributed by atoms with van der Waals surface area (Å²) < 4.78 is 0.917. The topological polar surface area (TPSA) is 12.0 Å². The summed E-state index contributed by atoms with van der Waals surface area (Å²) in [7, 11) is 0. The highest BCUT2D eigenvalue weighted by Crippen LogP contribution is 2.28. The Kier molecular flexibility index (Phi) is 2.96. The van der Waals surface area contributed by atoms with Gasteiger partial charge in [0.2, 0.25) is 0 Å². The van der Waals surface area contributed by atoms with Crippen molar-refractivity contribution in [1.82, 2.24) is 5.32 Å². The minimum absolute atomic E-state index is 0.530. The van der Waals surface area contributed by atoms with Crippen LogP contribution in [0.3, 0.4) is 0 Å². The van der Waals surface area contributed by atoms with E-state index in [1.807, 2.05) is 0 Å². The molecule has 1 rings (SSSR count). The molecule has 1 heterocycles. The monoisotopic (exact) mass is 187 g/mol. The van der Waals surface area contributed by atoms with Crippen molar-refractivity contribution in [2.45, 2.75) is 32.4 Å². The Morgan fingerprint density at radius 3 is 2.73 bits per heavy atom. The van der Waals surface area contributed by atoms with Gasteiger partial charge < -0.3 is 5.32 Å². The molecule has 0 saturated carbocycles. The Balaban J connectivity index is 2.81. The van der Waals surface area contributed by atoms with Gasteiger partial charge >= 0.3 is 0 Å². The molecule has 1 atom stereocenters. The van der Waals surface area contributed by atoms with Crippen molar-refractivity contribution in [3.8, 4) is 0 Å². The van der Waals surface area contributed by atoms with Gasteiger partial charge in [0.05, 0.1) is 0 Å². The van der Waals surface area contributed by atoms with E-state index in [4.69, 9.17) is 12.2 Å². The summed E-state index contributed by atoms with van der Waals surface area (Å²) in [5.74, 6) is 0. The first-order valence-electron chi connectivity index (χ1n) is 3.82. The average molecular weight is 187 g/mol. The van der Waals surface area contributed by atoms with E-state index in [9.17, 15) is 0 Å². The minimum Gasteiger partial charge on any atom is -0.344 e. The van der Waals surface area contributed by atoms with E-state index in [1.54, 1.807) is 11.8 Å². The summed E-state index contributed by atoms with van der Waals surface area (Å²) in [5, 5.41) is 3.76. The molecule has 0 bridgehead atoms. The summed E-state index contributed by atoms with van der Waals surface area (Å²) in [6.45, 7) is 6.52. The van der Waals surface area contributed by atoms with Gasteiger partial charge in [0, 0.05) is 10.9 Å². The molecule has 1 N–H and O–H groups in total. The van der Waals surface area contributed by atoms with Crippen LogP contribution in [0.15, 0.2) is 11.3 Å². The predicted octanol–water partition coefficient (Wildman–Crippen LogP) is 2.68. The van der Waals surface area contributed by atoms with E-state index >= 15 is 0 Å². The smallest absolute Gasteiger partial charge is 0.138 e. The molecular weight excluding hydrogens is 174 g/mol. The van der Waals surface area contributed by atoms with Crippen LogP contribution in [-0.2, 0) is 0 Å². The second-order valence-electron chi connectivity index (χ2n) is 2.72. The number of hydrogen-bond acceptors (Lipinski definition) is 2. The largest absolute Gasteiger partial charge is 0.344 e. The molecule has 1 aliphatic rings. The van der Waals surface area contributed by atoms with E-state index < -0.39 is 0 Å². The van der Waals surface area contributed by atoms with Crippen molar-refractivity contribution >= 4 is 28.3 Å². The molecule has 0 aromatic heterocycles. The molecule has 11 heavy (non-hydrogen) atoms. The van der Waals surface area contributed by atoms with Crippen molar-refractivity contribution in [3.63, 3.8) is 0 Å². The van der Waals surface area contributed by atoms with Gasteiger partial charge in [-0.05, 0) is 20.3 Å². The molecular formula is C8H13NS2. The maximum absolute atomic E-state index is 5.06. The molecule has 1 nitrogen and oxygen atoms in total. The Hall–Kier alpha value is -0.0200. The average Bonchev–Trinajstić information content (AvgIpc) is 2.28. The zero-order valence-electron chi connectivity index (χ0n) is 7.10. The van der Waals surface area contributed by atoms with Gasteiger partial charge in [-0.2, -0.15) is 0 Å². The molecule has 0 amide bonds. The fraction of sp³-hybridized carbons (Fsp3) is 0.625. The van der Waals surface area contributed by atoms with Crippen LogP contribution in [0.1, 0.15) is 27.2 Å².